The summed E-state index contributed by atoms with van der Waals surface area (Å²) in [6.45, 7) is 6.68. The minimum absolute atomic E-state index is 0.118. The molecule has 29 heavy (non-hydrogen) atoms. The number of rotatable bonds is 8. The van der Waals surface area contributed by atoms with Gasteiger partial charge in [-0.05, 0) is 29.9 Å². The first-order valence-corrected chi connectivity index (χ1v) is 10.7. The number of ether oxygens (including phenoxy) is 1. The third kappa shape index (κ3) is 5.05. The van der Waals surface area contributed by atoms with E-state index < -0.39 is 12.0 Å². The van der Waals surface area contributed by atoms with Crippen LogP contribution in [0.1, 0.15) is 43.3 Å². The van der Waals surface area contributed by atoms with E-state index in [0.29, 0.717) is 23.7 Å². The van der Waals surface area contributed by atoms with Crippen molar-refractivity contribution in [3.63, 3.8) is 0 Å². The van der Waals surface area contributed by atoms with Crippen molar-refractivity contribution in [1.29, 1.82) is 0 Å². The summed E-state index contributed by atoms with van der Waals surface area (Å²) in [5.41, 5.74) is 1.81. The summed E-state index contributed by atoms with van der Waals surface area (Å²) in [7, 11) is 0. The summed E-state index contributed by atoms with van der Waals surface area (Å²) in [6, 6.07) is 12.8. The summed E-state index contributed by atoms with van der Waals surface area (Å²) >= 11 is 1.69. The van der Waals surface area contributed by atoms with E-state index in [4.69, 9.17) is 4.74 Å². The van der Waals surface area contributed by atoms with Gasteiger partial charge in [-0.1, -0.05) is 50.2 Å². The molecule has 0 radical (unpaired) electrons. The van der Waals surface area contributed by atoms with Crippen molar-refractivity contribution in [2.24, 2.45) is 5.92 Å². The fourth-order valence-corrected chi connectivity index (χ4v) is 4.42. The maximum atomic E-state index is 12.8. The van der Waals surface area contributed by atoms with E-state index >= 15 is 0 Å². The van der Waals surface area contributed by atoms with E-state index in [1.165, 1.54) is 4.88 Å². The van der Waals surface area contributed by atoms with Gasteiger partial charge < -0.3 is 20.7 Å². The molecule has 2 unspecified atom stereocenters. The number of carbonyl (C=O) groups is 2. The molecule has 0 fully saturated rings. The Morgan fingerprint density at radius 1 is 1.21 bits per heavy atom. The molecule has 1 aromatic carbocycles. The van der Waals surface area contributed by atoms with Gasteiger partial charge in [0.15, 0.2) is 0 Å². The molecule has 1 aromatic heterocycles. The van der Waals surface area contributed by atoms with Crippen molar-refractivity contribution in [2.75, 3.05) is 13.2 Å². The second-order valence-corrected chi connectivity index (χ2v) is 8.15. The van der Waals surface area contributed by atoms with Crippen LogP contribution in [-0.2, 0) is 9.53 Å². The second-order valence-electron chi connectivity index (χ2n) is 7.17. The Labute approximate surface area is 175 Å². The molecule has 2 amide bonds. The molecule has 0 bridgehead atoms. The molecule has 0 saturated carbocycles. The van der Waals surface area contributed by atoms with Gasteiger partial charge in [0.25, 0.3) is 0 Å². The molecule has 6 nitrogen and oxygen atoms in total. The van der Waals surface area contributed by atoms with Crippen LogP contribution in [0.3, 0.4) is 0 Å². The molecule has 0 saturated heterocycles. The third-order valence-corrected chi connectivity index (χ3v) is 5.75. The van der Waals surface area contributed by atoms with Crippen molar-refractivity contribution in [2.45, 2.75) is 32.9 Å². The number of carbonyl (C=O) groups excluding carboxylic acids is 2. The van der Waals surface area contributed by atoms with Gasteiger partial charge in [-0.25, -0.2) is 9.59 Å². The Hall–Kier alpha value is -2.64. The fraction of sp³-hybridized carbons (Fsp3) is 0.364. The van der Waals surface area contributed by atoms with E-state index in [1.807, 2.05) is 41.8 Å². The van der Waals surface area contributed by atoms with Crippen LogP contribution in [-0.4, -0.2) is 25.2 Å². The van der Waals surface area contributed by atoms with Crippen molar-refractivity contribution in [1.82, 2.24) is 16.0 Å². The molecule has 1 aliphatic heterocycles. The Kier molecular flexibility index (Phi) is 7.06. The summed E-state index contributed by atoms with van der Waals surface area (Å²) in [4.78, 5) is 26.4. The lowest BCUT2D eigenvalue weighted by Crippen LogP contribution is -2.48. The van der Waals surface area contributed by atoms with E-state index in [0.717, 1.165) is 5.56 Å². The van der Waals surface area contributed by atoms with Gasteiger partial charge in [-0.15, -0.1) is 11.3 Å². The lowest BCUT2D eigenvalue weighted by molar-refractivity contribution is -0.139. The molecule has 0 aliphatic carbocycles. The number of benzene rings is 1. The maximum Gasteiger partial charge on any atom is 0.338 e. The van der Waals surface area contributed by atoms with Gasteiger partial charge >= 0.3 is 12.0 Å². The van der Waals surface area contributed by atoms with Crippen LogP contribution < -0.4 is 16.0 Å². The van der Waals surface area contributed by atoms with E-state index in [9.17, 15) is 9.59 Å². The maximum absolute atomic E-state index is 12.8. The monoisotopic (exact) mass is 413 g/mol. The van der Waals surface area contributed by atoms with E-state index in [1.54, 1.807) is 18.3 Å². The highest BCUT2D eigenvalue weighted by Gasteiger charge is 2.34. The first kappa shape index (κ1) is 21.1. The lowest BCUT2D eigenvalue weighted by atomic mass is 9.94. The average Bonchev–Trinajstić information content (AvgIpc) is 3.22. The third-order valence-electron chi connectivity index (χ3n) is 4.80. The second kappa shape index (κ2) is 9.71. The van der Waals surface area contributed by atoms with Crippen LogP contribution in [0.15, 0.2) is 59.1 Å². The molecule has 2 aromatic rings. The van der Waals surface area contributed by atoms with Crippen LogP contribution >= 0.6 is 11.3 Å². The number of thiophene rings is 1. The molecular weight excluding hydrogens is 386 g/mol. The zero-order valence-electron chi connectivity index (χ0n) is 16.9. The number of hydrogen-bond donors (Lipinski definition) is 3. The zero-order valence-corrected chi connectivity index (χ0v) is 17.7. The molecule has 3 N–H and O–H groups in total. The molecule has 1 aliphatic rings. The standard InChI is InChI=1S/C22H27N3O3S/c1-4-28-21(26)18-16(13-23-19(14(2)3)17-11-8-12-29-17)24-22(27)25-20(18)15-9-6-5-7-10-15/h5-12,14,19-20,23H,4,13H2,1-3H3,(H2,24,25,27). The van der Waals surface area contributed by atoms with Crippen LogP contribution in [0.25, 0.3) is 0 Å². The summed E-state index contributed by atoms with van der Waals surface area (Å²) in [5, 5.41) is 11.2. The van der Waals surface area contributed by atoms with Gasteiger partial charge in [0, 0.05) is 23.2 Å². The molecule has 3 rings (SSSR count). The molecule has 154 valence electrons. The molecule has 7 heteroatoms. The minimum atomic E-state index is -0.556. The summed E-state index contributed by atoms with van der Waals surface area (Å²) in [5.74, 6) is -0.0782. The zero-order chi connectivity index (χ0) is 20.8. The predicted octanol–water partition coefficient (Wildman–Crippen LogP) is 3.91. The number of urea groups is 1. The van der Waals surface area contributed by atoms with Gasteiger partial charge in [-0.3, -0.25) is 0 Å². The van der Waals surface area contributed by atoms with Gasteiger partial charge in [0.1, 0.15) is 0 Å². The first-order valence-electron chi connectivity index (χ1n) is 9.80. The highest BCUT2D eigenvalue weighted by Crippen LogP contribution is 2.29. The minimum Gasteiger partial charge on any atom is -0.463 e. The average molecular weight is 414 g/mol. The summed E-state index contributed by atoms with van der Waals surface area (Å²) < 4.78 is 5.31. The van der Waals surface area contributed by atoms with Gasteiger partial charge in [-0.2, -0.15) is 0 Å². The topological polar surface area (TPSA) is 79.5 Å². The van der Waals surface area contributed by atoms with Crippen molar-refractivity contribution in [3.05, 3.63) is 69.6 Å². The largest absolute Gasteiger partial charge is 0.463 e. The van der Waals surface area contributed by atoms with Crippen LogP contribution in [0.2, 0.25) is 0 Å². The Balaban J connectivity index is 1.94. The molecular formula is C22H27N3O3S. The highest BCUT2D eigenvalue weighted by atomic mass is 32.1. The smallest absolute Gasteiger partial charge is 0.338 e. The molecule has 2 heterocycles. The van der Waals surface area contributed by atoms with Gasteiger partial charge in [0.2, 0.25) is 0 Å². The van der Waals surface area contributed by atoms with E-state index in [-0.39, 0.29) is 18.7 Å². The fourth-order valence-electron chi connectivity index (χ4n) is 3.45. The number of esters is 1. The van der Waals surface area contributed by atoms with Crippen LogP contribution in [0, 0.1) is 5.92 Å². The van der Waals surface area contributed by atoms with Crippen LogP contribution in [0.4, 0.5) is 4.79 Å². The van der Waals surface area contributed by atoms with E-state index in [2.05, 4.69) is 35.9 Å². The first-order chi connectivity index (χ1) is 14.0. The van der Waals surface area contributed by atoms with Crippen molar-refractivity contribution < 1.29 is 14.3 Å². The lowest BCUT2D eigenvalue weighted by Gasteiger charge is -2.31. The van der Waals surface area contributed by atoms with Crippen molar-refractivity contribution >= 4 is 23.3 Å². The van der Waals surface area contributed by atoms with Gasteiger partial charge in [0.05, 0.1) is 18.2 Å². The predicted molar refractivity (Wildman–Crippen MR) is 114 cm³/mol. The quantitative estimate of drug-likeness (QED) is 0.574. The number of amides is 2. The summed E-state index contributed by atoms with van der Waals surface area (Å²) in [6.07, 6.45) is 0. The molecule has 2 atom stereocenters. The van der Waals surface area contributed by atoms with Crippen molar-refractivity contribution in [3.8, 4) is 0 Å². The number of nitrogens with one attached hydrogen (secondary N) is 3. The Morgan fingerprint density at radius 3 is 2.59 bits per heavy atom. The highest BCUT2D eigenvalue weighted by molar-refractivity contribution is 7.10. The van der Waals surface area contributed by atoms with Crippen LogP contribution in [0.5, 0.6) is 0 Å². The number of hydrogen-bond acceptors (Lipinski definition) is 5. The Morgan fingerprint density at radius 2 is 1.97 bits per heavy atom. The normalized spacial score (nSPS) is 17.7. The SMILES string of the molecule is CCOC(=O)C1=C(CNC(c2cccs2)C(C)C)NC(=O)NC1c1ccccc1. The molecule has 0 spiro atoms. The Bertz CT molecular complexity index is 863.